The van der Waals surface area contributed by atoms with Crippen molar-refractivity contribution >= 4 is 17.9 Å². The van der Waals surface area contributed by atoms with Gasteiger partial charge in [-0.25, -0.2) is 0 Å². The quantitative estimate of drug-likeness (QED) is 0.225. The van der Waals surface area contributed by atoms with Gasteiger partial charge in [0, 0.05) is 26.2 Å². The van der Waals surface area contributed by atoms with E-state index < -0.39 is 29.6 Å². The van der Waals surface area contributed by atoms with Crippen LogP contribution in [-0.4, -0.2) is 72.5 Å². The number of aliphatic carboxylic acids is 2. The summed E-state index contributed by atoms with van der Waals surface area (Å²) in [4.78, 5) is 33.0. The Bertz CT molecular complexity index is 394. The zero-order valence-electron chi connectivity index (χ0n) is 13.8. The highest BCUT2D eigenvalue weighted by Gasteiger charge is 2.24. The van der Waals surface area contributed by atoms with E-state index in [4.69, 9.17) is 14.9 Å². The fourth-order valence-electron chi connectivity index (χ4n) is 1.63. The molecule has 0 spiro atoms. The van der Waals surface area contributed by atoms with E-state index in [1.54, 1.807) is 20.8 Å². The second kappa shape index (κ2) is 10.9. The molecule has 9 heteroatoms. The Kier molecular flexibility index (Phi) is 10.1. The van der Waals surface area contributed by atoms with Crippen molar-refractivity contribution in [2.24, 2.45) is 0 Å². The molecule has 5 N–H and O–H groups in total. The summed E-state index contributed by atoms with van der Waals surface area (Å²) in [7, 11) is 0. The number of hydrogen-bond donors (Lipinski definition) is 5. The van der Waals surface area contributed by atoms with Crippen LogP contribution in [0.2, 0.25) is 0 Å². The number of esters is 1. The Morgan fingerprint density at radius 1 is 1.00 bits per heavy atom. The summed E-state index contributed by atoms with van der Waals surface area (Å²) in [6.45, 7) is 6.96. The predicted octanol–water partition coefficient (Wildman–Crippen LogP) is -0.975. The topological polar surface area (TPSA) is 137 Å². The number of carboxylic acid groups (broad SMARTS) is 2. The van der Waals surface area contributed by atoms with Gasteiger partial charge in [-0.05, 0) is 20.8 Å². The van der Waals surface area contributed by atoms with E-state index >= 15 is 0 Å². The summed E-state index contributed by atoms with van der Waals surface area (Å²) >= 11 is 0. The number of ether oxygens (including phenoxy) is 1. The van der Waals surface area contributed by atoms with Gasteiger partial charge in [0.25, 0.3) is 0 Å². The van der Waals surface area contributed by atoms with Crippen molar-refractivity contribution in [2.45, 2.75) is 38.8 Å². The molecule has 0 heterocycles. The van der Waals surface area contributed by atoms with Crippen molar-refractivity contribution < 1.29 is 29.3 Å². The van der Waals surface area contributed by atoms with E-state index in [-0.39, 0.29) is 13.0 Å². The lowest BCUT2D eigenvalue weighted by Gasteiger charge is -2.21. The number of nitrogens with one attached hydrogen (secondary N) is 3. The maximum Gasteiger partial charge on any atom is 0.321 e. The molecule has 0 amide bonds. The van der Waals surface area contributed by atoms with Crippen molar-refractivity contribution in [2.75, 3.05) is 32.7 Å². The largest absolute Gasteiger partial charge is 0.480 e. The van der Waals surface area contributed by atoms with Crippen LogP contribution in [0, 0.1) is 0 Å². The second-order valence-electron chi connectivity index (χ2n) is 5.96. The average Bonchev–Trinajstić information content (AvgIpc) is 2.37. The molecular weight excluding hydrogens is 306 g/mol. The predicted molar refractivity (Wildman–Crippen MR) is 83.3 cm³/mol. The van der Waals surface area contributed by atoms with Crippen molar-refractivity contribution in [3.63, 3.8) is 0 Å². The van der Waals surface area contributed by atoms with E-state index in [9.17, 15) is 14.4 Å². The van der Waals surface area contributed by atoms with Crippen LogP contribution in [0.4, 0.5) is 0 Å². The normalized spacial score (nSPS) is 12.7. The number of rotatable bonds is 12. The summed E-state index contributed by atoms with van der Waals surface area (Å²) in [5, 5.41) is 26.0. The van der Waals surface area contributed by atoms with E-state index in [1.165, 1.54) is 0 Å². The van der Waals surface area contributed by atoms with E-state index in [2.05, 4.69) is 16.0 Å². The Balaban J connectivity index is 3.87. The van der Waals surface area contributed by atoms with Crippen LogP contribution < -0.4 is 16.0 Å². The summed E-state index contributed by atoms with van der Waals surface area (Å²) in [5.74, 6) is -2.60. The summed E-state index contributed by atoms with van der Waals surface area (Å²) in [6, 6.07) is -1.00. The first-order valence-corrected chi connectivity index (χ1v) is 7.43. The van der Waals surface area contributed by atoms with Crippen LogP contribution >= 0.6 is 0 Å². The molecule has 0 radical (unpaired) electrons. The molecular formula is C14H27N3O6. The van der Waals surface area contributed by atoms with E-state index in [0.717, 1.165) is 0 Å². The average molecular weight is 333 g/mol. The molecule has 1 atom stereocenters. The van der Waals surface area contributed by atoms with Crippen molar-refractivity contribution in [1.29, 1.82) is 0 Å². The molecule has 0 bridgehead atoms. The Hall–Kier alpha value is -1.71. The second-order valence-corrected chi connectivity index (χ2v) is 5.96. The van der Waals surface area contributed by atoms with Gasteiger partial charge in [-0.2, -0.15) is 0 Å². The minimum Gasteiger partial charge on any atom is -0.480 e. The van der Waals surface area contributed by atoms with Crippen molar-refractivity contribution in [3.05, 3.63) is 0 Å². The zero-order valence-corrected chi connectivity index (χ0v) is 13.8. The first-order chi connectivity index (χ1) is 10.6. The molecule has 134 valence electrons. The van der Waals surface area contributed by atoms with E-state index in [0.29, 0.717) is 26.2 Å². The lowest BCUT2D eigenvalue weighted by atomic mass is 10.1. The molecule has 9 nitrogen and oxygen atoms in total. The third-order valence-electron chi connectivity index (χ3n) is 2.54. The number of carboxylic acids is 2. The molecule has 0 aliphatic carbocycles. The molecule has 23 heavy (non-hydrogen) atoms. The smallest absolute Gasteiger partial charge is 0.321 e. The van der Waals surface area contributed by atoms with Gasteiger partial charge in [-0.1, -0.05) is 0 Å². The van der Waals surface area contributed by atoms with Gasteiger partial charge in [-0.15, -0.1) is 0 Å². The SMILES string of the molecule is CC(C)(C)OC(=O)CC(NCCNCCNCC(=O)O)C(=O)O. The molecule has 0 aromatic rings. The molecule has 0 aromatic carbocycles. The maximum atomic E-state index is 11.6. The summed E-state index contributed by atoms with van der Waals surface area (Å²) in [6.07, 6.45) is -0.243. The summed E-state index contributed by atoms with van der Waals surface area (Å²) in [5.41, 5.74) is -0.648. The van der Waals surface area contributed by atoms with Gasteiger partial charge < -0.3 is 30.9 Å². The molecule has 0 rings (SSSR count). The highest BCUT2D eigenvalue weighted by Crippen LogP contribution is 2.09. The van der Waals surface area contributed by atoms with Gasteiger partial charge in [-0.3, -0.25) is 14.4 Å². The molecule has 0 aliphatic heterocycles. The van der Waals surface area contributed by atoms with Crippen molar-refractivity contribution in [1.82, 2.24) is 16.0 Å². The monoisotopic (exact) mass is 333 g/mol. The highest BCUT2D eigenvalue weighted by atomic mass is 16.6. The Labute approximate surface area is 135 Å². The van der Waals surface area contributed by atoms with Crippen LogP contribution in [0.1, 0.15) is 27.2 Å². The van der Waals surface area contributed by atoms with Crippen LogP contribution in [0.5, 0.6) is 0 Å². The first-order valence-electron chi connectivity index (χ1n) is 7.43. The minimum absolute atomic E-state index is 0.100. The number of hydrogen-bond acceptors (Lipinski definition) is 7. The molecule has 0 fully saturated rings. The fraction of sp³-hybridized carbons (Fsp3) is 0.786. The van der Waals surface area contributed by atoms with Gasteiger partial charge in [0.1, 0.15) is 11.6 Å². The molecule has 0 aromatic heterocycles. The highest BCUT2D eigenvalue weighted by molar-refractivity contribution is 5.81. The van der Waals surface area contributed by atoms with Gasteiger partial charge in [0.05, 0.1) is 13.0 Å². The fourth-order valence-corrected chi connectivity index (χ4v) is 1.63. The standard InChI is InChI=1S/C14H27N3O6/c1-14(2,3)23-12(20)8-10(13(21)22)17-7-6-15-4-5-16-9-11(18)19/h10,15-17H,4-9H2,1-3H3,(H,18,19)(H,21,22). The third kappa shape index (κ3) is 13.7. The Morgan fingerprint density at radius 3 is 2.09 bits per heavy atom. The maximum absolute atomic E-state index is 11.6. The van der Waals surface area contributed by atoms with E-state index in [1.807, 2.05) is 0 Å². The summed E-state index contributed by atoms with van der Waals surface area (Å²) < 4.78 is 5.10. The lowest BCUT2D eigenvalue weighted by Crippen LogP contribution is -2.43. The van der Waals surface area contributed by atoms with Crippen LogP contribution in [-0.2, 0) is 19.1 Å². The van der Waals surface area contributed by atoms with Crippen LogP contribution in [0.3, 0.4) is 0 Å². The van der Waals surface area contributed by atoms with Crippen LogP contribution in [0.15, 0.2) is 0 Å². The third-order valence-corrected chi connectivity index (χ3v) is 2.54. The van der Waals surface area contributed by atoms with Gasteiger partial charge in [0.2, 0.25) is 0 Å². The number of carbonyl (C=O) groups is 3. The van der Waals surface area contributed by atoms with Gasteiger partial charge in [0.15, 0.2) is 0 Å². The lowest BCUT2D eigenvalue weighted by molar-refractivity contribution is -0.158. The first kappa shape index (κ1) is 21.3. The molecule has 1 unspecified atom stereocenters. The molecule has 0 saturated heterocycles. The van der Waals surface area contributed by atoms with Gasteiger partial charge >= 0.3 is 17.9 Å². The molecule has 0 aliphatic rings. The van der Waals surface area contributed by atoms with Crippen molar-refractivity contribution in [3.8, 4) is 0 Å². The Morgan fingerprint density at radius 2 is 1.57 bits per heavy atom. The molecule has 0 saturated carbocycles. The zero-order chi connectivity index (χ0) is 17.9. The minimum atomic E-state index is -1.11. The van der Waals surface area contributed by atoms with Crippen LogP contribution in [0.25, 0.3) is 0 Å². The number of carbonyl (C=O) groups excluding carboxylic acids is 1.